The molecule has 0 spiro atoms. The fraction of sp³-hybridized carbons (Fsp3) is 0.0625. The highest BCUT2D eigenvalue weighted by molar-refractivity contribution is 6.31. The fourth-order valence-corrected chi connectivity index (χ4v) is 2.39. The molecule has 1 heterocycles. The van der Waals surface area contributed by atoms with Crippen molar-refractivity contribution in [3.63, 3.8) is 0 Å². The Hall–Kier alpha value is -2.26. The molecule has 0 saturated heterocycles. The van der Waals surface area contributed by atoms with Crippen LogP contribution in [-0.4, -0.2) is 11.1 Å². The number of carboxylic acids is 1. The topological polar surface area (TPSA) is 50.4 Å². The Kier molecular flexibility index (Phi) is 2.99. The first-order valence-corrected chi connectivity index (χ1v) is 6.45. The molecule has 1 aromatic heterocycles. The van der Waals surface area contributed by atoms with E-state index in [1.165, 1.54) is 0 Å². The number of benzene rings is 2. The summed E-state index contributed by atoms with van der Waals surface area (Å²) in [4.78, 5) is 11.1. The van der Waals surface area contributed by atoms with Gasteiger partial charge in [-0.05, 0) is 55.0 Å². The fourth-order valence-electron chi connectivity index (χ4n) is 2.21. The Morgan fingerprint density at radius 1 is 1.15 bits per heavy atom. The van der Waals surface area contributed by atoms with Crippen LogP contribution in [0.15, 0.2) is 46.9 Å². The molecule has 3 nitrogen and oxygen atoms in total. The van der Waals surface area contributed by atoms with Crippen LogP contribution in [0, 0.1) is 6.92 Å². The quantitative estimate of drug-likeness (QED) is 0.739. The molecule has 2 aromatic carbocycles. The van der Waals surface area contributed by atoms with Gasteiger partial charge in [-0.3, -0.25) is 0 Å². The molecule has 3 rings (SSSR count). The molecule has 0 unspecified atom stereocenters. The van der Waals surface area contributed by atoms with Crippen LogP contribution in [0.2, 0.25) is 5.02 Å². The van der Waals surface area contributed by atoms with E-state index in [4.69, 9.17) is 21.1 Å². The molecule has 0 radical (unpaired) electrons. The van der Waals surface area contributed by atoms with Crippen LogP contribution in [0.25, 0.3) is 22.3 Å². The third kappa shape index (κ3) is 2.28. The first-order chi connectivity index (χ1) is 9.52. The standard InChI is InChI=1S/C16H11ClO3/c1-9-4-10(6-12(5-9)16(18)19)15-8-11-7-13(17)2-3-14(11)20-15/h2-8H,1H3,(H,18,19). The largest absolute Gasteiger partial charge is 0.478 e. The normalized spacial score (nSPS) is 10.9. The molecule has 1 N–H and O–H groups in total. The van der Waals surface area contributed by atoms with E-state index in [1.54, 1.807) is 24.3 Å². The van der Waals surface area contributed by atoms with Crippen LogP contribution in [0.1, 0.15) is 15.9 Å². The number of rotatable bonds is 2. The van der Waals surface area contributed by atoms with E-state index in [0.29, 0.717) is 10.8 Å². The van der Waals surface area contributed by atoms with E-state index in [-0.39, 0.29) is 5.56 Å². The van der Waals surface area contributed by atoms with Crippen LogP contribution in [0.4, 0.5) is 0 Å². The number of aromatic carboxylic acids is 1. The van der Waals surface area contributed by atoms with E-state index in [0.717, 1.165) is 22.1 Å². The molecular weight excluding hydrogens is 276 g/mol. The maximum Gasteiger partial charge on any atom is 0.335 e. The minimum atomic E-state index is -0.950. The van der Waals surface area contributed by atoms with E-state index in [2.05, 4.69) is 0 Å². The second-order valence-corrected chi connectivity index (χ2v) is 5.12. The van der Waals surface area contributed by atoms with Gasteiger partial charge in [0.15, 0.2) is 0 Å². The number of carboxylic acid groups (broad SMARTS) is 1. The Labute approximate surface area is 120 Å². The van der Waals surface area contributed by atoms with E-state index in [1.807, 2.05) is 25.1 Å². The molecule has 4 heteroatoms. The smallest absolute Gasteiger partial charge is 0.335 e. The van der Waals surface area contributed by atoms with Gasteiger partial charge in [0.1, 0.15) is 11.3 Å². The molecule has 20 heavy (non-hydrogen) atoms. The first-order valence-electron chi connectivity index (χ1n) is 6.07. The number of furan rings is 1. The SMILES string of the molecule is Cc1cc(C(=O)O)cc(-c2cc3cc(Cl)ccc3o2)c1. The third-order valence-corrected chi connectivity index (χ3v) is 3.32. The Morgan fingerprint density at radius 3 is 2.70 bits per heavy atom. The first kappa shape index (κ1) is 12.8. The maximum atomic E-state index is 11.1. The summed E-state index contributed by atoms with van der Waals surface area (Å²) in [6, 6.07) is 12.4. The van der Waals surface area contributed by atoms with Crippen molar-refractivity contribution in [1.82, 2.24) is 0 Å². The molecule has 0 amide bonds. The predicted molar refractivity (Wildman–Crippen MR) is 78.4 cm³/mol. The summed E-state index contributed by atoms with van der Waals surface area (Å²) < 4.78 is 5.75. The molecule has 0 fully saturated rings. The molecular formula is C16H11ClO3. The van der Waals surface area contributed by atoms with Crippen molar-refractivity contribution in [2.24, 2.45) is 0 Å². The molecule has 100 valence electrons. The summed E-state index contributed by atoms with van der Waals surface area (Å²) in [5, 5.41) is 10.6. The number of hydrogen-bond acceptors (Lipinski definition) is 2. The van der Waals surface area contributed by atoms with E-state index in [9.17, 15) is 4.79 Å². The van der Waals surface area contributed by atoms with Crippen molar-refractivity contribution >= 4 is 28.5 Å². The lowest BCUT2D eigenvalue weighted by Gasteiger charge is -2.02. The summed E-state index contributed by atoms with van der Waals surface area (Å²) in [5.74, 6) is -0.317. The summed E-state index contributed by atoms with van der Waals surface area (Å²) in [6.45, 7) is 1.86. The third-order valence-electron chi connectivity index (χ3n) is 3.09. The second-order valence-electron chi connectivity index (χ2n) is 4.69. The maximum absolute atomic E-state index is 11.1. The highest BCUT2D eigenvalue weighted by atomic mass is 35.5. The van der Waals surface area contributed by atoms with Gasteiger partial charge in [0.05, 0.1) is 5.56 Å². The average molecular weight is 287 g/mol. The highest BCUT2D eigenvalue weighted by Crippen LogP contribution is 2.30. The van der Waals surface area contributed by atoms with Gasteiger partial charge in [0.25, 0.3) is 0 Å². The lowest BCUT2D eigenvalue weighted by molar-refractivity contribution is 0.0697. The zero-order valence-electron chi connectivity index (χ0n) is 10.7. The summed E-state index contributed by atoms with van der Waals surface area (Å²) >= 11 is 5.95. The van der Waals surface area contributed by atoms with Crippen LogP contribution in [-0.2, 0) is 0 Å². The monoisotopic (exact) mass is 286 g/mol. The molecule has 0 aliphatic rings. The molecule has 3 aromatic rings. The van der Waals surface area contributed by atoms with Crippen LogP contribution < -0.4 is 0 Å². The van der Waals surface area contributed by atoms with Gasteiger partial charge in [-0.1, -0.05) is 11.6 Å². The summed E-state index contributed by atoms with van der Waals surface area (Å²) in [5.41, 5.74) is 2.59. The van der Waals surface area contributed by atoms with Gasteiger partial charge in [-0.2, -0.15) is 0 Å². The average Bonchev–Trinajstić information content (AvgIpc) is 2.80. The van der Waals surface area contributed by atoms with Crippen molar-refractivity contribution in [3.05, 3.63) is 58.6 Å². The minimum absolute atomic E-state index is 0.249. The Bertz CT molecular complexity index is 818. The van der Waals surface area contributed by atoms with Gasteiger partial charge >= 0.3 is 5.97 Å². The minimum Gasteiger partial charge on any atom is -0.478 e. The number of carbonyl (C=O) groups is 1. The van der Waals surface area contributed by atoms with Crippen LogP contribution in [0.3, 0.4) is 0 Å². The lowest BCUT2D eigenvalue weighted by Crippen LogP contribution is -1.97. The number of fused-ring (bicyclic) bond motifs is 1. The van der Waals surface area contributed by atoms with Crippen molar-refractivity contribution in [3.8, 4) is 11.3 Å². The van der Waals surface area contributed by atoms with Gasteiger partial charge in [-0.15, -0.1) is 0 Å². The molecule has 0 atom stereocenters. The van der Waals surface area contributed by atoms with Crippen molar-refractivity contribution in [2.45, 2.75) is 6.92 Å². The molecule has 0 bridgehead atoms. The van der Waals surface area contributed by atoms with Gasteiger partial charge in [0.2, 0.25) is 0 Å². The van der Waals surface area contributed by atoms with Crippen molar-refractivity contribution in [2.75, 3.05) is 0 Å². The Morgan fingerprint density at radius 2 is 1.95 bits per heavy atom. The van der Waals surface area contributed by atoms with E-state index < -0.39 is 5.97 Å². The van der Waals surface area contributed by atoms with Gasteiger partial charge in [-0.25, -0.2) is 4.79 Å². The zero-order chi connectivity index (χ0) is 14.3. The summed E-state index contributed by atoms with van der Waals surface area (Å²) in [6.07, 6.45) is 0. The van der Waals surface area contributed by atoms with E-state index >= 15 is 0 Å². The number of hydrogen-bond donors (Lipinski definition) is 1. The zero-order valence-corrected chi connectivity index (χ0v) is 11.4. The molecule has 0 aliphatic carbocycles. The highest BCUT2D eigenvalue weighted by Gasteiger charge is 2.11. The van der Waals surface area contributed by atoms with Crippen molar-refractivity contribution in [1.29, 1.82) is 0 Å². The number of aryl methyl sites for hydroxylation is 1. The second kappa shape index (κ2) is 4.69. The molecule has 0 aliphatic heterocycles. The number of halogens is 1. The van der Waals surface area contributed by atoms with Crippen LogP contribution >= 0.6 is 11.6 Å². The summed E-state index contributed by atoms with van der Waals surface area (Å²) in [7, 11) is 0. The van der Waals surface area contributed by atoms with Gasteiger partial charge in [0, 0.05) is 16.0 Å². The van der Waals surface area contributed by atoms with Crippen LogP contribution in [0.5, 0.6) is 0 Å². The lowest BCUT2D eigenvalue weighted by atomic mass is 10.0. The Balaban J connectivity index is 2.17. The molecule has 0 saturated carbocycles. The van der Waals surface area contributed by atoms with Crippen molar-refractivity contribution < 1.29 is 14.3 Å². The van der Waals surface area contributed by atoms with Gasteiger partial charge < -0.3 is 9.52 Å². The predicted octanol–water partition coefficient (Wildman–Crippen LogP) is 4.76.